The molecule has 0 saturated heterocycles. The van der Waals surface area contributed by atoms with Crippen LogP contribution in [0.15, 0.2) is 120 Å². The minimum Gasteiger partial charge on any atom is -0.465 e. The average Bonchev–Trinajstić information content (AvgIpc) is 3.01. The summed E-state index contributed by atoms with van der Waals surface area (Å²) < 4.78 is 10.8. The third kappa shape index (κ3) is 7.18. The highest BCUT2D eigenvalue weighted by atomic mass is 32.2. The lowest BCUT2D eigenvalue weighted by atomic mass is 9.94. The van der Waals surface area contributed by atoms with E-state index in [2.05, 4.69) is 12.1 Å². The number of ether oxygens (including phenoxy) is 2. The highest BCUT2D eigenvalue weighted by Gasteiger charge is 2.39. The van der Waals surface area contributed by atoms with Gasteiger partial charge in [0.15, 0.2) is 5.92 Å². The van der Waals surface area contributed by atoms with Crippen molar-refractivity contribution >= 4 is 47.2 Å². The van der Waals surface area contributed by atoms with Gasteiger partial charge >= 0.3 is 11.9 Å². The van der Waals surface area contributed by atoms with Crippen LogP contribution < -0.4 is 0 Å². The van der Waals surface area contributed by atoms with E-state index in [0.717, 1.165) is 14.7 Å². The van der Waals surface area contributed by atoms with E-state index < -0.39 is 17.9 Å². The summed E-state index contributed by atoms with van der Waals surface area (Å²) in [6.45, 7) is 3.42. The number of esters is 2. The minimum absolute atomic E-state index is 0.0457. The first kappa shape index (κ1) is 30.8. The fraction of sp³-hybridized carbons (Fsp3) is 0.152. The smallest absolute Gasteiger partial charge is 0.324 e. The maximum atomic E-state index is 13.6. The van der Waals surface area contributed by atoms with Crippen LogP contribution in [0.2, 0.25) is 0 Å². The van der Waals surface area contributed by atoms with Gasteiger partial charge in [-0.3, -0.25) is 9.59 Å². The molecule has 0 radical (unpaired) electrons. The predicted molar refractivity (Wildman–Crippen MR) is 164 cm³/mol. The Hall–Kier alpha value is -4.15. The van der Waals surface area contributed by atoms with E-state index in [1.54, 1.807) is 13.8 Å². The summed E-state index contributed by atoms with van der Waals surface area (Å²) >= 11 is 3.85. The number of nitriles is 2. The Morgan fingerprint density at radius 1 is 0.619 bits per heavy atom. The second-order valence-electron chi connectivity index (χ2n) is 8.56. The van der Waals surface area contributed by atoms with E-state index in [9.17, 15) is 20.1 Å². The van der Waals surface area contributed by atoms with Gasteiger partial charge in [0.2, 0.25) is 0 Å². The Kier molecular flexibility index (Phi) is 11.1. The molecule has 6 nitrogen and oxygen atoms in total. The normalized spacial score (nSPS) is 10.5. The van der Waals surface area contributed by atoms with Gasteiger partial charge in [0.1, 0.15) is 12.1 Å². The summed E-state index contributed by atoms with van der Waals surface area (Å²) in [5.41, 5.74) is 0.526. The molecule has 4 rings (SSSR count). The maximum Gasteiger partial charge on any atom is 0.324 e. The summed E-state index contributed by atoms with van der Waals surface area (Å²) in [4.78, 5) is 30.9. The van der Waals surface area contributed by atoms with Crippen molar-refractivity contribution < 1.29 is 19.1 Å². The third-order valence-electron chi connectivity index (χ3n) is 5.85. The van der Waals surface area contributed by atoms with E-state index in [0.29, 0.717) is 14.7 Å². The molecular weight excluding hydrogens is 585 g/mol. The summed E-state index contributed by atoms with van der Waals surface area (Å²) in [5.74, 6) is -3.06. The molecular formula is C33H26N2O4S3. The summed E-state index contributed by atoms with van der Waals surface area (Å²) in [6.07, 6.45) is 0. The molecule has 210 valence electrons. The molecule has 4 aromatic rings. The molecule has 0 aromatic heterocycles. The van der Waals surface area contributed by atoms with Crippen LogP contribution in [0.1, 0.15) is 36.5 Å². The lowest BCUT2D eigenvalue weighted by Crippen LogP contribution is -2.28. The second-order valence-corrected chi connectivity index (χ2v) is 11.8. The molecule has 0 saturated carbocycles. The van der Waals surface area contributed by atoms with Crippen molar-refractivity contribution in [2.75, 3.05) is 13.2 Å². The van der Waals surface area contributed by atoms with Crippen LogP contribution in [0.4, 0.5) is 0 Å². The van der Waals surface area contributed by atoms with Gasteiger partial charge in [-0.2, -0.15) is 10.5 Å². The molecule has 42 heavy (non-hydrogen) atoms. The fourth-order valence-corrected chi connectivity index (χ4v) is 7.54. The lowest BCUT2D eigenvalue weighted by molar-refractivity contribution is -0.157. The highest BCUT2D eigenvalue weighted by molar-refractivity contribution is 8.02. The molecule has 0 amide bonds. The number of carbonyl (C=O) groups is 2. The average molecular weight is 611 g/mol. The fourth-order valence-electron chi connectivity index (χ4n) is 4.08. The predicted octanol–water partition coefficient (Wildman–Crippen LogP) is 8.09. The number of carbonyl (C=O) groups excluding carboxylic acids is 2. The van der Waals surface area contributed by atoms with Crippen LogP contribution in [-0.4, -0.2) is 25.2 Å². The summed E-state index contributed by atoms with van der Waals surface area (Å²) in [5, 5.41) is 21.0. The first-order valence-corrected chi connectivity index (χ1v) is 15.5. The number of rotatable bonds is 11. The van der Waals surface area contributed by atoms with Crippen molar-refractivity contribution in [3.63, 3.8) is 0 Å². The largest absolute Gasteiger partial charge is 0.465 e. The molecule has 0 aliphatic carbocycles. The van der Waals surface area contributed by atoms with Gasteiger partial charge in [-0.15, -0.1) is 0 Å². The molecule has 0 aliphatic rings. The molecule has 4 aromatic carbocycles. The van der Waals surface area contributed by atoms with Gasteiger partial charge in [-0.05, 0) is 50.2 Å². The minimum atomic E-state index is -1.49. The SMILES string of the molecule is CCOC(=O)C(C(=O)OCC)c1c(Sc2ccccc2)c(C#N)c(C#N)c(Sc2ccccc2)c1Sc1ccccc1. The van der Waals surface area contributed by atoms with Crippen molar-refractivity contribution in [1.29, 1.82) is 10.5 Å². The van der Waals surface area contributed by atoms with Crippen LogP contribution in [-0.2, 0) is 19.1 Å². The van der Waals surface area contributed by atoms with E-state index in [1.807, 2.05) is 91.0 Å². The van der Waals surface area contributed by atoms with Crippen molar-refractivity contribution in [1.82, 2.24) is 0 Å². The molecule has 0 fully saturated rings. The zero-order valence-electron chi connectivity index (χ0n) is 22.9. The van der Waals surface area contributed by atoms with Crippen molar-refractivity contribution in [3.05, 3.63) is 108 Å². The Labute approximate surface area is 258 Å². The molecule has 0 spiro atoms. The monoisotopic (exact) mass is 610 g/mol. The number of hydrogen-bond acceptors (Lipinski definition) is 9. The quantitative estimate of drug-likeness (QED) is 0.123. The van der Waals surface area contributed by atoms with Crippen molar-refractivity contribution in [2.45, 2.75) is 49.1 Å². The molecule has 9 heteroatoms. The first-order valence-electron chi connectivity index (χ1n) is 13.1. The van der Waals surface area contributed by atoms with E-state index >= 15 is 0 Å². The Bertz CT molecular complexity index is 1620. The molecule has 0 bridgehead atoms. The molecule has 0 heterocycles. The lowest BCUT2D eigenvalue weighted by Gasteiger charge is -2.25. The zero-order chi connectivity index (χ0) is 29.9. The van der Waals surface area contributed by atoms with E-state index in [-0.39, 0.29) is 29.9 Å². The topological polar surface area (TPSA) is 100 Å². The molecule has 0 atom stereocenters. The number of benzene rings is 4. The van der Waals surface area contributed by atoms with Crippen LogP contribution in [0, 0.1) is 22.7 Å². The maximum absolute atomic E-state index is 13.6. The third-order valence-corrected chi connectivity index (χ3v) is 9.37. The molecule has 0 unspecified atom stereocenters. The molecule has 0 N–H and O–H groups in total. The van der Waals surface area contributed by atoms with Gasteiger partial charge in [-0.25, -0.2) is 0 Å². The van der Waals surface area contributed by atoms with Crippen LogP contribution >= 0.6 is 35.3 Å². The van der Waals surface area contributed by atoms with Crippen LogP contribution in [0.3, 0.4) is 0 Å². The zero-order valence-corrected chi connectivity index (χ0v) is 25.4. The van der Waals surface area contributed by atoms with Crippen LogP contribution in [0.5, 0.6) is 0 Å². The number of hydrogen-bond donors (Lipinski definition) is 0. The van der Waals surface area contributed by atoms with Gasteiger partial charge < -0.3 is 9.47 Å². The first-order chi connectivity index (χ1) is 20.5. The highest BCUT2D eigenvalue weighted by Crippen LogP contribution is 2.51. The Balaban J connectivity index is 2.15. The number of nitrogens with zero attached hydrogens (tertiary/aromatic N) is 2. The van der Waals surface area contributed by atoms with Gasteiger partial charge in [0.05, 0.1) is 24.3 Å². The van der Waals surface area contributed by atoms with Crippen molar-refractivity contribution in [2.24, 2.45) is 0 Å². The van der Waals surface area contributed by atoms with Gasteiger partial charge in [-0.1, -0.05) is 89.9 Å². The second kappa shape index (κ2) is 15.2. The van der Waals surface area contributed by atoms with Crippen molar-refractivity contribution in [3.8, 4) is 12.1 Å². The Morgan fingerprint density at radius 3 is 1.36 bits per heavy atom. The Morgan fingerprint density at radius 2 is 0.976 bits per heavy atom. The summed E-state index contributed by atoms with van der Waals surface area (Å²) in [7, 11) is 0. The summed E-state index contributed by atoms with van der Waals surface area (Å²) in [6, 6.07) is 32.7. The van der Waals surface area contributed by atoms with Gasteiger partial charge in [0.25, 0.3) is 0 Å². The van der Waals surface area contributed by atoms with Crippen LogP contribution in [0.25, 0.3) is 0 Å². The van der Waals surface area contributed by atoms with Gasteiger partial charge in [0, 0.05) is 34.9 Å². The van der Waals surface area contributed by atoms with E-state index in [1.165, 1.54) is 35.3 Å². The van der Waals surface area contributed by atoms with E-state index in [4.69, 9.17) is 9.47 Å². The molecule has 0 aliphatic heterocycles. The standard InChI is InChI=1S/C33H26N2O4S3/c1-3-38-32(36)28(33(37)39-4-2)27-29(40-22-14-8-5-9-15-22)25(20-34)26(21-35)30(41-23-16-10-6-11-17-23)31(27)42-24-18-12-7-13-19-24/h5-19,28H,3-4H2,1-2H3.